The van der Waals surface area contributed by atoms with E-state index >= 15 is 0 Å². The molecule has 0 saturated heterocycles. The predicted octanol–water partition coefficient (Wildman–Crippen LogP) is 4.26. The molecule has 122 valence electrons. The lowest BCUT2D eigenvalue weighted by molar-refractivity contribution is 0.0934. The maximum absolute atomic E-state index is 12.4. The second-order valence-electron chi connectivity index (χ2n) is 5.34. The van der Waals surface area contributed by atoms with Gasteiger partial charge in [0.1, 0.15) is 0 Å². The number of carbonyl (C=O) groups excluding carboxylic acids is 1. The molecule has 0 spiro atoms. The highest BCUT2D eigenvalue weighted by atomic mass is 79.9. The van der Waals surface area contributed by atoms with Crippen molar-refractivity contribution in [2.24, 2.45) is 0 Å². The van der Waals surface area contributed by atoms with Crippen LogP contribution in [0.4, 0.5) is 0 Å². The monoisotopic (exact) mass is 374 g/mol. The number of halogens is 1. The maximum Gasteiger partial charge on any atom is 0.252 e. The van der Waals surface area contributed by atoms with Crippen molar-refractivity contribution in [3.63, 3.8) is 0 Å². The Morgan fingerprint density at radius 2 is 1.65 bits per heavy atom. The molecule has 0 saturated carbocycles. The van der Waals surface area contributed by atoms with Gasteiger partial charge in [-0.15, -0.1) is 0 Å². The van der Waals surface area contributed by atoms with Crippen LogP contribution in [0.3, 0.4) is 0 Å². The molecule has 2 aromatic rings. The van der Waals surface area contributed by atoms with Gasteiger partial charge in [0.25, 0.3) is 5.91 Å². The van der Waals surface area contributed by atoms with Crippen LogP contribution in [0, 0.1) is 0 Å². The summed E-state index contributed by atoms with van der Waals surface area (Å²) in [5, 5.41) is 3.08. The summed E-state index contributed by atoms with van der Waals surface area (Å²) in [6.07, 6.45) is 0. The maximum atomic E-state index is 12.4. The van der Waals surface area contributed by atoms with E-state index in [-0.39, 0.29) is 11.9 Å². The number of amides is 1. The van der Waals surface area contributed by atoms with E-state index in [4.69, 9.17) is 0 Å². The summed E-state index contributed by atoms with van der Waals surface area (Å²) in [6, 6.07) is 18.0. The van der Waals surface area contributed by atoms with E-state index in [0.29, 0.717) is 12.1 Å². The SMILES string of the molecule is CCN(CC)[C@@H](CNC(=O)c1ccccc1Br)c1ccccc1. The normalized spacial score (nSPS) is 12.2. The molecule has 1 N–H and O–H groups in total. The third kappa shape index (κ3) is 4.66. The molecule has 23 heavy (non-hydrogen) atoms. The third-order valence-electron chi connectivity index (χ3n) is 4.01. The molecular formula is C19H23BrN2O. The van der Waals surface area contributed by atoms with Crippen molar-refractivity contribution < 1.29 is 4.79 Å². The standard InChI is InChI=1S/C19H23BrN2O/c1-3-22(4-2)18(15-10-6-5-7-11-15)14-21-19(23)16-12-8-9-13-17(16)20/h5-13,18H,3-4,14H2,1-2H3,(H,21,23)/t18-/m0/s1. The van der Waals surface area contributed by atoms with Crippen molar-refractivity contribution in [1.29, 1.82) is 0 Å². The number of nitrogens with one attached hydrogen (secondary N) is 1. The number of likely N-dealkylation sites (N-methyl/N-ethyl adjacent to an activating group) is 1. The molecule has 0 aliphatic carbocycles. The van der Waals surface area contributed by atoms with E-state index in [9.17, 15) is 4.79 Å². The molecule has 0 aliphatic heterocycles. The molecule has 0 aromatic heterocycles. The van der Waals surface area contributed by atoms with Crippen molar-refractivity contribution in [3.8, 4) is 0 Å². The zero-order chi connectivity index (χ0) is 16.7. The lowest BCUT2D eigenvalue weighted by Crippen LogP contribution is -2.38. The lowest BCUT2D eigenvalue weighted by Gasteiger charge is -2.30. The number of hydrogen-bond donors (Lipinski definition) is 1. The van der Waals surface area contributed by atoms with E-state index in [1.165, 1.54) is 5.56 Å². The number of hydrogen-bond acceptors (Lipinski definition) is 2. The molecule has 1 amide bonds. The lowest BCUT2D eigenvalue weighted by atomic mass is 10.0. The van der Waals surface area contributed by atoms with Crippen LogP contribution in [0.5, 0.6) is 0 Å². The van der Waals surface area contributed by atoms with Gasteiger partial charge in [-0.3, -0.25) is 9.69 Å². The highest BCUT2D eigenvalue weighted by molar-refractivity contribution is 9.10. The third-order valence-corrected chi connectivity index (χ3v) is 4.70. The molecular weight excluding hydrogens is 352 g/mol. The van der Waals surface area contributed by atoms with E-state index in [1.54, 1.807) is 0 Å². The van der Waals surface area contributed by atoms with Gasteiger partial charge in [-0.25, -0.2) is 0 Å². The van der Waals surface area contributed by atoms with Gasteiger partial charge in [-0.05, 0) is 46.7 Å². The van der Waals surface area contributed by atoms with Crippen LogP contribution < -0.4 is 5.32 Å². The molecule has 1 atom stereocenters. The molecule has 0 unspecified atom stereocenters. The number of benzene rings is 2. The first-order valence-corrected chi connectivity index (χ1v) is 8.78. The van der Waals surface area contributed by atoms with Crippen molar-refractivity contribution >= 4 is 21.8 Å². The molecule has 0 radical (unpaired) electrons. The average molecular weight is 375 g/mol. The van der Waals surface area contributed by atoms with E-state index in [0.717, 1.165) is 17.6 Å². The average Bonchev–Trinajstić information content (AvgIpc) is 2.59. The van der Waals surface area contributed by atoms with Crippen molar-refractivity contribution in [2.45, 2.75) is 19.9 Å². The highest BCUT2D eigenvalue weighted by Crippen LogP contribution is 2.20. The van der Waals surface area contributed by atoms with Gasteiger partial charge in [-0.1, -0.05) is 56.3 Å². The quantitative estimate of drug-likeness (QED) is 0.784. The Hall–Kier alpha value is -1.65. The smallest absolute Gasteiger partial charge is 0.252 e. The summed E-state index contributed by atoms with van der Waals surface area (Å²) in [6.45, 7) is 6.78. The van der Waals surface area contributed by atoms with Gasteiger partial charge >= 0.3 is 0 Å². The van der Waals surface area contributed by atoms with Crippen molar-refractivity contribution in [2.75, 3.05) is 19.6 Å². The highest BCUT2D eigenvalue weighted by Gasteiger charge is 2.19. The Labute approximate surface area is 146 Å². The number of nitrogens with zero attached hydrogens (tertiary/aromatic N) is 1. The second kappa shape index (κ2) is 8.85. The van der Waals surface area contributed by atoms with Gasteiger partial charge in [0.15, 0.2) is 0 Å². The zero-order valence-electron chi connectivity index (χ0n) is 13.6. The molecule has 2 aromatic carbocycles. The topological polar surface area (TPSA) is 32.3 Å². The molecule has 0 bridgehead atoms. The first-order valence-electron chi connectivity index (χ1n) is 7.99. The largest absolute Gasteiger partial charge is 0.350 e. The van der Waals surface area contributed by atoms with E-state index < -0.39 is 0 Å². The van der Waals surface area contributed by atoms with Gasteiger partial charge < -0.3 is 5.32 Å². The molecule has 0 fully saturated rings. The summed E-state index contributed by atoms with van der Waals surface area (Å²) in [5.41, 5.74) is 1.89. The van der Waals surface area contributed by atoms with Crippen LogP contribution in [0.1, 0.15) is 35.8 Å². The summed E-state index contributed by atoms with van der Waals surface area (Å²) in [5.74, 6) is -0.0504. The molecule has 0 aliphatic rings. The van der Waals surface area contributed by atoms with Crippen LogP contribution >= 0.6 is 15.9 Å². The van der Waals surface area contributed by atoms with Crippen LogP contribution in [-0.4, -0.2) is 30.4 Å². The number of rotatable bonds is 7. The minimum Gasteiger partial charge on any atom is -0.350 e. The summed E-state index contributed by atoms with van der Waals surface area (Å²) in [4.78, 5) is 14.8. The number of carbonyl (C=O) groups is 1. The van der Waals surface area contributed by atoms with Crippen LogP contribution in [-0.2, 0) is 0 Å². The Kier molecular flexibility index (Phi) is 6.81. The molecule has 2 rings (SSSR count). The predicted molar refractivity (Wildman–Crippen MR) is 98.6 cm³/mol. The Balaban J connectivity index is 2.12. The van der Waals surface area contributed by atoms with Crippen LogP contribution in [0.15, 0.2) is 59.1 Å². The van der Waals surface area contributed by atoms with E-state index in [2.05, 4.69) is 52.1 Å². The molecule has 3 nitrogen and oxygen atoms in total. The summed E-state index contributed by atoms with van der Waals surface area (Å²) >= 11 is 3.43. The van der Waals surface area contributed by atoms with Gasteiger partial charge in [0.2, 0.25) is 0 Å². The minimum absolute atomic E-state index is 0.0504. The van der Waals surface area contributed by atoms with Crippen molar-refractivity contribution in [3.05, 3.63) is 70.2 Å². The summed E-state index contributed by atoms with van der Waals surface area (Å²) < 4.78 is 0.816. The van der Waals surface area contributed by atoms with Gasteiger partial charge in [0, 0.05) is 11.0 Å². The van der Waals surface area contributed by atoms with Gasteiger partial charge in [-0.2, -0.15) is 0 Å². The first-order chi connectivity index (χ1) is 11.2. The fourth-order valence-electron chi connectivity index (χ4n) is 2.73. The van der Waals surface area contributed by atoms with E-state index in [1.807, 2.05) is 42.5 Å². The van der Waals surface area contributed by atoms with Crippen LogP contribution in [0.2, 0.25) is 0 Å². The second-order valence-corrected chi connectivity index (χ2v) is 6.19. The fourth-order valence-corrected chi connectivity index (χ4v) is 3.19. The Bertz CT molecular complexity index is 626. The van der Waals surface area contributed by atoms with Crippen LogP contribution in [0.25, 0.3) is 0 Å². The zero-order valence-corrected chi connectivity index (χ0v) is 15.2. The van der Waals surface area contributed by atoms with Crippen molar-refractivity contribution in [1.82, 2.24) is 10.2 Å². The molecule has 4 heteroatoms. The fraction of sp³-hybridized carbons (Fsp3) is 0.316. The Morgan fingerprint density at radius 1 is 1.04 bits per heavy atom. The Morgan fingerprint density at radius 3 is 2.26 bits per heavy atom. The minimum atomic E-state index is -0.0504. The molecule has 0 heterocycles. The summed E-state index contributed by atoms with van der Waals surface area (Å²) in [7, 11) is 0. The first kappa shape index (κ1) is 17.7. The van der Waals surface area contributed by atoms with Gasteiger partial charge in [0.05, 0.1) is 11.6 Å².